The quantitative estimate of drug-likeness (QED) is 0.394. The van der Waals surface area contributed by atoms with Gasteiger partial charge in [-0.15, -0.1) is 0 Å². The number of benzene rings is 3. The minimum absolute atomic E-state index is 0.223. The van der Waals surface area contributed by atoms with Crippen LogP contribution in [-0.4, -0.2) is 31.1 Å². The summed E-state index contributed by atoms with van der Waals surface area (Å²) in [5, 5.41) is 0. The number of imidazole rings is 1. The van der Waals surface area contributed by atoms with Gasteiger partial charge in [0.05, 0.1) is 22.5 Å². The first-order chi connectivity index (χ1) is 15.6. The number of aryl methyl sites for hydroxylation is 2. The van der Waals surface area contributed by atoms with E-state index in [9.17, 15) is 8.42 Å². The molecule has 0 fully saturated rings. The maximum absolute atomic E-state index is 12.7. The van der Waals surface area contributed by atoms with E-state index in [4.69, 9.17) is 9.72 Å². The number of nitrogens with one attached hydrogen (secondary N) is 1. The van der Waals surface area contributed by atoms with Crippen LogP contribution >= 0.6 is 0 Å². The topological polar surface area (TPSA) is 73.2 Å². The molecule has 1 heterocycles. The Kier molecular flexibility index (Phi) is 6.87. The van der Waals surface area contributed by atoms with Crippen LogP contribution in [0.2, 0.25) is 0 Å². The Balaban J connectivity index is 1.47. The smallest absolute Gasteiger partial charge is 0.240 e. The highest BCUT2D eigenvalue weighted by molar-refractivity contribution is 7.89. The van der Waals surface area contributed by atoms with Gasteiger partial charge in [0.15, 0.2) is 0 Å². The van der Waals surface area contributed by atoms with Crippen molar-refractivity contribution in [3.05, 3.63) is 90.3 Å². The molecule has 7 heteroatoms. The second-order valence-electron chi connectivity index (χ2n) is 7.46. The van der Waals surface area contributed by atoms with Crippen LogP contribution in [0.25, 0.3) is 11.0 Å². The van der Waals surface area contributed by atoms with Gasteiger partial charge in [0.1, 0.15) is 11.6 Å². The van der Waals surface area contributed by atoms with E-state index in [1.165, 1.54) is 5.56 Å². The van der Waals surface area contributed by atoms with Crippen LogP contribution in [-0.2, 0) is 29.4 Å². The maximum Gasteiger partial charge on any atom is 0.240 e. The van der Waals surface area contributed by atoms with Crippen molar-refractivity contribution in [2.75, 3.05) is 13.2 Å². The normalized spacial score (nSPS) is 11.7. The Hall–Kier alpha value is -3.16. The number of fused-ring (bicyclic) bond motifs is 1. The predicted molar refractivity (Wildman–Crippen MR) is 126 cm³/mol. The fourth-order valence-electron chi connectivity index (χ4n) is 3.72. The molecule has 0 spiro atoms. The van der Waals surface area contributed by atoms with Crippen molar-refractivity contribution in [1.82, 2.24) is 14.3 Å². The summed E-state index contributed by atoms with van der Waals surface area (Å²) in [7, 11) is -3.61. The Morgan fingerprint density at radius 1 is 0.906 bits per heavy atom. The molecule has 0 saturated carbocycles. The standard InChI is InChI=1S/C25H27N3O3S/c1-2-31-21-13-15-22(16-14-21)32(29,30)26-18-19-28-24-11-7-6-10-23(24)27-25(28)17-12-20-8-4-3-5-9-20/h3-11,13-16,26H,2,12,17-19H2,1H3. The monoisotopic (exact) mass is 449 g/mol. The molecule has 0 saturated heterocycles. The zero-order chi connectivity index (χ0) is 22.4. The van der Waals surface area contributed by atoms with E-state index in [1.54, 1.807) is 24.3 Å². The molecule has 0 atom stereocenters. The maximum atomic E-state index is 12.7. The van der Waals surface area contributed by atoms with Crippen molar-refractivity contribution >= 4 is 21.1 Å². The van der Waals surface area contributed by atoms with Gasteiger partial charge in [0.25, 0.3) is 0 Å². The largest absolute Gasteiger partial charge is 0.494 e. The van der Waals surface area contributed by atoms with Crippen molar-refractivity contribution in [1.29, 1.82) is 0 Å². The Bertz CT molecular complexity index is 1270. The van der Waals surface area contributed by atoms with Gasteiger partial charge in [-0.1, -0.05) is 42.5 Å². The van der Waals surface area contributed by atoms with Gasteiger partial charge in [-0.2, -0.15) is 0 Å². The van der Waals surface area contributed by atoms with Gasteiger partial charge in [0.2, 0.25) is 10.0 Å². The van der Waals surface area contributed by atoms with Crippen molar-refractivity contribution in [3.63, 3.8) is 0 Å². The van der Waals surface area contributed by atoms with Crippen molar-refractivity contribution in [2.24, 2.45) is 0 Å². The first-order valence-corrected chi connectivity index (χ1v) is 12.3. The molecule has 6 nitrogen and oxygen atoms in total. The molecule has 4 aromatic rings. The average Bonchev–Trinajstić information content (AvgIpc) is 3.16. The Labute approximate surface area is 188 Å². The van der Waals surface area contributed by atoms with E-state index in [1.807, 2.05) is 49.4 Å². The Morgan fingerprint density at radius 2 is 1.62 bits per heavy atom. The van der Waals surface area contributed by atoms with Crippen molar-refractivity contribution in [2.45, 2.75) is 31.2 Å². The first-order valence-electron chi connectivity index (χ1n) is 10.8. The summed E-state index contributed by atoms with van der Waals surface area (Å²) < 4.78 is 35.6. The minimum atomic E-state index is -3.61. The SMILES string of the molecule is CCOc1ccc(S(=O)(=O)NCCn2c(CCc3ccccc3)nc3ccccc32)cc1. The molecule has 4 rings (SSSR count). The van der Waals surface area contributed by atoms with Gasteiger partial charge in [-0.3, -0.25) is 0 Å². The fraction of sp³-hybridized carbons (Fsp3) is 0.240. The number of nitrogens with zero attached hydrogens (tertiary/aromatic N) is 2. The highest BCUT2D eigenvalue weighted by atomic mass is 32.2. The Morgan fingerprint density at radius 3 is 2.38 bits per heavy atom. The summed E-state index contributed by atoms with van der Waals surface area (Å²) in [6.07, 6.45) is 1.66. The summed E-state index contributed by atoms with van der Waals surface area (Å²) in [5.74, 6) is 1.61. The molecule has 0 unspecified atom stereocenters. The number of hydrogen-bond donors (Lipinski definition) is 1. The lowest BCUT2D eigenvalue weighted by molar-refractivity contribution is 0.340. The third-order valence-corrected chi connectivity index (χ3v) is 6.76. The lowest BCUT2D eigenvalue weighted by atomic mass is 10.1. The fourth-order valence-corrected chi connectivity index (χ4v) is 4.74. The van der Waals surface area contributed by atoms with Crippen molar-refractivity contribution in [3.8, 4) is 5.75 Å². The molecule has 166 valence electrons. The number of aromatic nitrogens is 2. The van der Waals surface area contributed by atoms with Crippen LogP contribution in [0, 0.1) is 0 Å². The molecular weight excluding hydrogens is 422 g/mol. The van der Waals surface area contributed by atoms with Crippen LogP contribution in [0.4, 0.5) is 0 Å². The zero-order valence-corrected chi connectivity index (χ0v) is 18.9. The third-order valence-electron chi connectivity index (χ3n) is 5.29. The number of hydrogen-bond acceptors (Lipinski definition) is 4. The molecule has 1 aromatic heterocycles. The van der Waals surface area contributed by atoms with E-state index >= 15 is 0 Å². The molecule has 32 heavy (non-hydrogen) atoms. The van der Waals surface area contributed by atoms with E-state index in [0.29, 0.717) is 18.9 Å². The number of rotatable bonds is 10. The molecular formula is C25H27N3O3S. The van der Waals surface area contributed by atoms with Crippen molar-refractivity contribution < 1.29 is 13.2 Å². The number of sulfonamides is 1. The van der Waals surface area contributed by atoms with Crippen LogP contribution in [0.5, 0.6) is 5.75 Å². The van der Waals surface area contributed by atoms with Gasteiger partial charge < -0.3 is 9.30 Å². The minimum Gasteiger partial charge on any atom is -0.494 e. The molecule has 0 radical (unpaired) electrons. The van der Waals surface area contributed by atoms with E-state index in [-0.39, 0.29) is 11.4 Å². The molecule has 3 aromatic carbocycles. The summed E-state index contributed by atoms with van der Waals surface area (Å²) in [6.45, 7) is 3.20. The van der Waals surface area contributed by atoms with Gasteiger partial charge in [-0.25, -0.2) is 18.1 Å². The van der Waals surface area contributed by atoms with E-state index in [2.05, 4.69) is 21.4 Å². The lowest BCUT2D eigenvalue weighted by Crippen LogP contribution is -2.28. The van der Waals surface area contributed by atoms with Gasteiger partial charge in [0, 0.05) is 19.5 Å². The molecule has 0 bridgehead atoms. The van der Waals surface area contributed by atoms with Crippen LogP contribution < -0.4 is 9.46 Å². The predicted octanol–water partition coefficient (Wildman–Crippen LogP) is 4.20. The number of ether oxygens (including phenoxy) is 1. The second-order valence-corrected chi connectivity index (χ2v) is 9.22. The molecule has 0 aliphatic rings. The molecule has 0 amide bonds. The van der Waals surface area contributed by atoms with Gasteiger partial charge >= 0.3 is 0 Å². The summed E-state index contributed by atoms with van der Waals surface area (Å²) >= 11 is 0. The summed E-state index contributed by atoms with van der Waals surface area (Å²) in [5.41, 5.74) is 3.18. The average molecular weight is 450 g/mol. The second kappa shape index (κ2) is 9.97. The zero-order valence-electron chi connectivity index (χ0n) is 18.1. The first kappa shape index (κ1) is 22.0. The van der Waals surface area contributed by atoms with E-state index in [0.717, 1.165) is 29.7 Å². The summed E-state index contributed by atoms with van der Waals surface area (Å²) in [4.78, 5) is 5.02. The molecule has 0 aliphatic heterocycles. The highest BCUT2D eigenvalue weighted by Gasteiger charge is 2.15. The summed E-state index contributed by atoms with van der Waals surface area (Å²) in [6, 6.07) is 24.7. The van der Waals surface area contributed by atoms with Gasteiger partial charge in [-0.05, 0) is 55.3 Å². The lowest BCUT2D eigenvalue weighted by Gasteiger charge is -2.11. The number of para-hydroxylation sites is 2. The molecule has 0 aliphatic carbocycles. The van der Waals surface area contributed by atoms with E-state index < -0.39 is 10.0 Å². The van der Waals surface area contributed by atoms with Crippen LogP contribution in [0.15, 0.2) is 83.8 Å². The van der Waals surface area contributed by atoms with Crippen LogP contribution in [0.3, 0.4) is 0 Å². The molecule has 1 N–H and O–H groups in total. The third kappa shape index (κ3) is 5.18. The highest BCUT2D eigenvalue weighted by Crippen LogP contribution is 2.19. The van der Waals surface area contributed by atoms with Crippen LogP contribution in [0.1, 0.15) is 18.3 Å².